The standard InChI is InChI=1S/C70H50N8/c1-69(2)53-11-7-5-9-49(53)51-15-13-43(35-55(51)69)45-33-47(39-73-37-45)67-61-21-17-57(75-61)65(41-25-29-71-30-26-41)59-19-23-63(77-59)68(64-24-20-60(78-64)66(42-27-31-72-32-28-42)58-18-22-62(67)76-58)48-34-46(38-74-40-48)44-14-16-52-50-10-6-8-12-54(50)70(3,4)56(52)36-44/h5-40,75,78H,1-4H3. The van der Waals surface area contributed by atoms with Gasteiger partial charge in [0.2, 0.25) is 0 Å². The highest BCUT2D eigenvalue weighted by Crippen LogP contribution is 2.51. The van der Waals surface area contributed by atoms with Gasteiger partial charge in [-0.1, -0.05) is 100 Å². The van der Waals surface area contributed by atoms with Crippen LogP contribution in [0.1, 0.15) is 72.7 Å². The van der Waals surface area contributed by atoms with Gasteiger partial charge in [-0.15, -0.1) is 0 Å². The van der Waals surface area contributed by atoms with Gasteiger partial charge in [-0.05, 0) is 164 Å². The largest absolute Gasteiger partial charge is 0.354 e. The summed E-state index contributed by atoms with van der Waals surface area (Å²) in [5.74, 6) is 0. The highest BCUT2D eigenvalue weighted by Gasteiger charge is 2.37. The molecule has 8 bridgehead atoms. The van der Waals surface area contributed by atoms with E-state index in [0.717, 1.165) is 112 Å². The lowest BCUT2D eigenvalue weighted by atomic mass is 9.81. The highest BCUT2D eigenvalue weighted by molar-refractivity contribution is 6.00. The lowest BCUT2D eigenvalue weighted by Gasteiger charge is -2.22. The third kappa shape index (κ3) is 7.13. The van der Waals surface area contributed by atoms with Crippen molar-refractivity contribution in [3.05, 3.63) is 240 Å². The summed E-state index contributed by atoms with van der Waals surface area (Å²) >= 11 is 0. The Morgan fingerprint density at radius 3 is 1.04 bits per heavy atom. The van der Waals surface area contributed by atoms with E-state index in [2.05, 4.69) is 193 Å². The molecule has 8 heteroatoms. The molecular formula is C70H50N8. The molecule has 4 aromatic carbocycles. The predicted octanol–water partition coefficient (Wildman–Crippen LogP) is 16.9. The van der Waals surface area contributed by atoms with Crippen LogP contribution >= 0.6 is 0 Å². The van der Waals surface area contributed by atoms with Crippen molar-refractivity contribution < 1.29 is 0 Å². The number of hydrogen-bond acceptors (Lipinski definition) is 6. The molecule has 2 aliphatic heterocycles. The minimum Gasteiger partial charge on any atom is -0.354 e. The number of H-pyrrole nitrogens is 2. The Bertz CT molecular complexity index is 4260. The lowest BCUT2D eigenvalue weighted by Crippen LogP contribution is -2.14. The maximum Gasteiger partial charge on any atom is 0.0737 e. The van der Waals surface area contributed by atoms with E-state index in [1.807, 2.05) is 73.8 Å². The summed E-state index contributed by atoms with van der Waals surface area (Å²) in [5, 5.41) is 0. The van der Waals surface area contributed by atoms with Crippen molar-refractivity contribution in [1.29, 1.82) is 0 Å². The second-order valence-electron chi connectivity index (χ2n) is 21.8. The van der Waals surface area contributed by atoms with Gasteiger partial charge in [0.15, 0.2) is 0 Å². The molecule has 0 saturated heterocycles. The first-order valence-corrected chi connectivity index (χ1v) is 26.5. The minimum atomic E-state index is -0.138. The van der Waals surface area contributed by atoms with Gasteiger partial charge in [-0.3, -0.25) is 19.9 Å². The number of aromatic nitrogens is 8. The molecule has 4 aliphatic rings. The monoisotopic (exact) mass is 1000 g/mol. The van der Waals surface area contributed by atoms with E-state index in [-0.39, 0.29) is 10.8 Å². The minimum absolute atomic E-state index is 0.138. The van der Waals surface area contributed by atoms with Crippen LogP contribution in [0.5, 0.6) is 0 Å². The van der Waals surface area contributed by atoms with Crippen LogP contribution in [0.25, 0.3) is 135 Å². The number of benzene rings is 4. The molecule has 7 aromatic heterocycles. The molecule has 0 radical (unpaired) electrons. The summed E-state index contributed by atoms with van der Waals surface area (Å²) in [4.78, 5) is 37.7. The molecule has 0 spiro atoms. The number of nitrogens with zero attached hydrogens (tertiary/aromatic N) is 6. The summed E-state index contributed by atoms with van der Waals surface area (Å²) in [6.45, 7) is 9.29. The van der Waals surface area contributed by atoms with Gasteiger partial charge in [0.1, 0.15) is 0 Å². The van der Waals surface area contributed by atoms with Gasteiger partial charge >= 0.3 is 0 Å². The Labute approximate surface area is 451 Å². The Hall–Kier alpha value is -9.92. The third-order valence-electron chi connectivity index (χ3n) is 16.6. The second-order valence-corrected chi connectivity index (χ2v) is 21.8. The number of pyridine rings is 4. The Morgan fingerprint density at radius 2 is 0.641 bits per heavy atom. The zero-order valence-electron chi connectivity index (χ0n) is 43.5. The summed E-state index contributed by atoms with van der Waals surface area (Å²) in [6.07, 6.45) is 23.7. The smallest absolute Gasteiger partial charge is 0.0737 e. The van der Waals surface area contributed by atoms with Crippen molar-refractivity contribution >= 4 is 46.4 Å². The third-order valence-corrected chi connectivity index (χ3v) is 16.6. The number of hydrogen-bond donors (Lipinski definition) is 2. The molecule has 11 aromatic rings. The summed E-state index contributed by atoms with van der Waals surface area (Å²) < 4.78 is 0. The van der Waals surface area contributed by atoms with Crippen LogP contribution in [-0.2, 0) is 10.8 Å². The Morgan fingerprint density at radius 1 is 0.295 bits per heavy atom. The molecule has 370 valence electrons. The fourth-order valence-corrected chi connectivity index (χ4v) is 12.7. The topological polar surface area (TPSA) is 109 Å². The Balaban J connectivity index is 0.960. The van der Waals surface area contributed by atoms with Gasteiger partial charge < -0.3 is 9.97 Å². The van der Waals surface area contributed by atoms with E-state index in [9.17, 15) is 0 Å². The van der Waals surface area contributed by atoms with Crippen LogP contribution in [0.3, 0.4) is 0 Å². The van der Waals surface area contributed by atoms with Crippen LogP contribution in [0.15, 0.2) is 195 Å². The number of fused-ring (bicyclic) bond motifs is 14. The zero-order chi connectivity index (χ0) is 52.3. The summed E-state index contributed by atoms with van der Waals surface area (Å²) in [5.41, 5.74) is 28.9. The average Bonchev–Trinajstić information content (AvgIpc) is 4.47. The number of rotatable bonds is 6. The van der Waals surface area contributed by atoms with Crippen LogP contribution in [0, 0.1) is 0 Å². The van der Waals surface area contributed by atoms with Crippen LogP contribution in [-0.4, -0.2) is 39.9 Å². The van der Waals surface area contributed by atoms with Crippen molar-refractivity contribution in [2.24, 2.45) is 0 Å². The maximum atomic E-state index is 5.57. The molecule has 15 rings (SSSR count). The van der Waals surface area contributed by atoms with Crippen molar-refractivity contribution in [2.75, 3.05) is 0 Å². The normalized spacial score (nSPS) is 14.0. The lowest BCUT2D eigenvalue weighted by molar-refractivity contribution is 0.660. The van der Waals surface area contributed by atoms with Gasteiger partial charge in [0.25, 0.3) is 0 Å². The first-order chi connectivity index (χ1) is 38.2. The van der Waals surface area contributed by atoms with Crippen molar-refractivity contribution in [3.63, 3.8) is 0 Å². The fraction of sp³-hybridized carbons (Fsp3) is 0.0857. The van der Waals surface area contributed by atoms with E-state index in [1.165, 1.54) is 44.5 Å². The number of aromatic amines is 2. The van der Waals surface area contributed by atoms with Gasteiger partial charge in [-0.25, -0.2) is 9.97 Å². The van der Waals surface area contributed by atoms with E-state index >= 15 is 0 Å². The van der Waals surface area contributed by atoms with Crippen molar-refractivity contribution in [3.8, 4) is 89.0 Å². The van der Waals surface area contributed by atoms with Crippen LogP contribution in [0.4, 0.5) is 0 Å². The quantitative estimate of drug-likeness (QED) is 0.172. The molecular weight excluding hydrogens is 953 g/mol. The van der Waals surface area contributed by atoms with E-state index in [0.29, 0.717) is 0 Å². The average molecular weight is 1000 g/mol. The van der Waals surface area contributed by atoms with Crippen molar-refractivity contribution in [1.82, 2.24) is 39.9 Å². The van der Waals surface area contributed by atoms with Crippen LogP contribution in [0.2, 0.25) is 0 Å². The molecule has 0 atom stereocenters. The van der Waals surface area contributed by atoms with Gasteiger partial charge in [0.05, 0.1) is 22.8 Å². The Kier molecular flexibility index (Phi) is 10.1. The molecule has 78 heavy (non-hydrogen) atoms. The molecule has 2 aliphatic carbocycles. The zero-order valence-corrected chi connectivity index (χ0v) is 43.5. The van der Waals surface area contributed by atoms with Crippen LogP contribution < -0.4 is 0 Å². The van der Waals surface area contributed by atoms with Gasteiger partial charge in [-0.2, -0.15) is 0 Å². The molecule has 0 amide bonds. The molecule has 0 unspecified atom stereocenters. The van der Waals surface area contributed by atoms with Crippen molar-refractivity contribution in [2.45, 2.75) is 38.5 Å². The summed E-state index contributed by atoms with van der Waals surface area (Å²) in [6, 6.07) is 52.6. The predicted molar refractivity (Wildman–Crippen MR) is 318 cm³/mol. The first kappa shape index (κ1) is 45.5. The summed E-state index contributed by atoms with van der Waals surface area (Å²) in [7, 11) is 0. The molecule has 9 heterocycles. The number of nitrogens with one attached hydrogen (secondary N) is 2. The molecule has 0 fully saturated rings. The second kappa shape index (κ2) is 17.3. The van der Waals surface area contributed by atoms with Gasteiger partial charge in [0, 0.05) is 127 Å². The maximum absolute atomic E-state index is 5.57. The van der Waals surface area contributed by atoms with E-state index in [4.69, 9.17) is 19.9 Å². The van der Waals surface area contributed by atoms with E-state index in [1.54, 1.807) is 0 Å². The molecule has 0 saturated carbocycles. The highest BCUT2D eigenvalue weighted by atomic mass is 14.8. The van der Waals surface area contributed by atoms with E-state index < -0.39 is 0 Å². The SMILES string of the molecule is CC1(C)c2ccccc2-c2ccc(-c3cncc(-c4c5nc(c(-c6ccncc6)c6ccc([nH]6)c(-c6cncc(-c7ccc8c(c7)C(C)(C)c7ccccc7-8)c6)c6nc(c(-c7ccncc7)c7ccc4[nH]7)C=C6)C=C5)c3)cc21. The molecule has 2 N–H and O–H groups in total. The fourth-order valence-electron chi connectivity index (χ4n) is 12.7. The molecule has 8 nitrogen and oxygen atoms in total. The first-order valence-electron chi connectivity index (χ1n) is 26.5.